The highest BCUT2D eigenvalue weighted by atomic mass is 35.5. The quantitative estimate of drug-likeness (QED) is 0.660. The van der Waals surface area contributed by atoms with E-state index in [0.29, 0.717) is 23.3 Å². The molecule has 0 fully saturated rings. The maximum Gasteiger partial charge on any atom is 0.228 e. The van der Waals surface area contributed by atoms with Crippen molar-refractivity contribution >= 4 is 23.5 Å². The minimum atomic E-state index is -0.107. The number of aliphatic hydroxyl groups is 1. The van der Waals surface area contributed by atoms with Crippen LogP contribution in [0, 0.1) is 0 Å². The molecular formula is C17H16ClN5O. The number of aliphatic hydroxyl groups excluding tert-OH is 1. The van der Waals surface area contributed by atoms with Crippen molar-refractivity contribution in [3.05, 3.63) is 64.7 Å². The number of nitrogens with zero attached hydrogens (tertiary/aromatic N) is 3. The van der Waals surface area contributed by atoms with Crippen LogP contribution in [0.5, 0.6) is 0 Å². The second kappa shape index (κ2) is 7.25. The van der Waals surface area contributed by atoms with Crippen LogP contribution in [-0.4, -0.2) is 20.1 Å². The molecule has 6 nitrogen and oxygen atoms in total. The molecule has 3 rings (SSSR count). The summed E-state index contributed by atoms with van der Waals surface area (Å²) in [5, 5.41) is 13.2. The SMILES string of the molecule is Nc1nc(NCc2ccccc2Cl)nc(-c2ccccc2CO)n1. The molecule has 0 saturated heterocycles. The summed E-state index contributed by atoms with van der Waals surface area (Å²) >= 11 is 6.14. The number of rotatable bonds is 5. The maximum atomic E-state index is 9.47. The van der Waals surface area contributed by atoms with E-state index < -0.39 is 0 Å². The zero-order valence-electron chi connectivity index (χ0n) is 12.8. The molecule has 4 N–H and O–H groups in total. The number of aromatic nitrogens is 3. The van der Waals surface area contributed by atoms with Gasteiger partial charge in [-0.05, 0) is 17.2 Å². The molecule has 0 spiro atoms. The van der Waals surface area contributed by atoms with Crippen LogP contribution in [0.15, 0.2) is 48.5 Å². The molecule has 0 atom stereocenters. The summed E-state index contributed by atoms with van der Waals surface area (Å²) in [6.45, 7) is 0.356. The molecule has 2 aromatic carbocycles. The first-order valence-electron chi connectivity index (χ1n) is 7.35. The zero-order valence-corrected chi connectivity index (χ0v) is 13.5. The molecule has 0 unspecified atom stereocenters. The molecule has 1 heterocycles. The van der Waals surface area contributed by atoms with Gasteiger partial charge in [0.2, 0.25) is 11.9 Å². The molecular weight excluding hydrogens is 326 g/mol. The molecule has 0 aliphatic heterocycles. The third-order valence-corrected chi connectivity index (χ3v) is 3.84. The number of nitrogens with two attached hydrogens (primary N) is 1. The molecule has 24 heavy (non-hydrogen) atoms. The monoisotopic (exact) mass is 341 g/mol. The number of nitrogen functional groups attached to an aromatic ring is 1. The van der Waals surface area contributed by atoms with Gasteiger partial charge in [-0.1, -0.05) is 54.1 Å². The Balaban J connectivity index is 1.88. The van der Waals surface area contributed by atoms with Gasteiger partial charge < -0.3 is 16.2 Å². The maximum absolute atomic E-state index is 9.47. The lowest BCUT2D eigenvalue weighted by Gasteiger charge is -2.10. The van der Waals surface area contributed by atoms with Gasteiger partial charge in [-0.2, -0.15) is 15.0 Å². The van der Waals surface area contributed by atoms with Gasteiger partial charge in [0.25, 0.3) is 0 Å². The first-order valence-corrected chi connectivity index (χ1v) is 7.73. The van der Waals surface area contributed by atoms with Crippen molar-refractivity contribution in [2.45, 2.75) is 13.2 Å². The Morgan fingerprint density at radius 2 is 1.67 bits per heavy atom. The summed E-state index contributed by atoms with van der Waals surface area (Å²) in [5.41, 5.74) is 8.16. The zero-order chi connectivity index (χ0) is 16.9. The first kappa shape index (κ1) is 16.2. The Morgan fingerprint density at radius 3 is 2.42 bits per heavy atom. The number of hydrogen-bond donors (Lipinski definition) is 3. The number of benzene rings is 2. The van der Waals surface area contributed by atoms with E-state index in [1.54, 1.807) is 0 Å². The second-order valence-corrected chi connectivity index (χ2v) is 5.51. The fourth-order valence-electron chi connectivity index (χ4n) is 2.28. The van der Waals surface area contributed by atoms with Crippen LogP contribution in [0.2, 0.25) is 5.02 Å². The van der Waals surface area contributed by atoms with Crippen LogP contribution in [0.4, 0.5) is 11.9 Å². The minimum absolute atomic E-state index is 0.106. The highest BCUT2D eigenvalue weighted by Gasteiger charge is 2.10. The minimum Gasteiger partial charge on any atom is -0.392 e. The van der Waals surface area contributed by atoms with E-state index in [0.717, 1.165) is 16.7 Å². The van der Waals surface area contributed by atoms with Crippen LogP contribution >= 0.6 is 11.6 Å². The molecule has 0 amide bonds. The standard InChI is InChI=1S/C17H16ClN5O/c18-14-8-4-2-5-11(14)9-20-17-22-15(21-16(19)23-17)13-7-3-1-6-12(13)10-24/h1-8,24H,9-10H2,(H3,19,20,21,22,23). The van der Waals surface area contributed by atoms with E-state index in [9.17, 15) is 5.11 Å². The van der Waals surface area contributed by atoms with E-state index in [1.165, 1.54) is 0 Å². The van der Waals surface area contributed by atoms with Crippen LogP contribution in [0.3, 0.4) is 0 Å². The Bertz CT molecular complexity index is 856. The fraction of sp³-hybridized carbons (Fsp3) is 0.118. The van der Waals surface area contributed by atoms with Crippen LogP contribution in [0.1, 0.15) is 11.1 Å². The highest BCUT2D eigenvalue weighted by Crippen LogP contribution is 2.22. The molecule has 0 bridgehead atoms. The summed E-state index contributed by atoms with van der Waals surface area (Å²) in [6.07, 6.45) is 0. The van der Waals surface area contributed by atoms with Crippen LogP contribution < -0.4 is 11.1 Å². The van der Waals surface area contributed by atoms with Crippen molar-refractivity contribution in [3.63, 3.8) is 0 Å². The summed E-state index contributed by atoms with van der Waals surface area (Å²) < 4.78 is 0. The summed E-state index contributed by atoms with van der Waals surface area (Å²) in [4.78, 5) is 12.7. The van der Waals surface area contributed by atoms with E-state index in [2.05, 4.69) is 20.3 Å². The molecule has 3 aromatic rings. The summed E-state index contributed by atoms with van der Waals surface area (Å²) in [6, 6.07) is 14.9. The molecule has 0 aliphatic rings. The lowest BCUT2D eigenvalue weighted by Crippen LogP contribution is -2.09. The highest BCUT2D eigenvalue weighted by molar-refractivity contribution is 6.31. The van der Waals surface area contributed by atoms with Crippen LogP contribution in [-0.2, 0) is 13.2 Å². The van der Waals surface area contributed by atoms with Crippen molar-refractivity contribution in [2.75, 3.05) is 11.1 Å². The van der Waals surface area contributed by atoms with Gasteiger partial charge in [0.1, 0.15) is 0 Å². The van der Waals surface area contributed by atoms with Crippen molar-refractivity contribution in [1.82, 2.24) is 15.0 Å². The molecule has 0 aliphatic carbocycles. The summed E-state index contributed by atoms with van der Waals surface area (Å²) in [5.74, 6) is 0.869. The first-order chi connectivity index (χ1) is 11.7. The van der Waals surface area contributed by atoms with Gasteiger partial charge >= 0.3 is 0 Å². The average molecular weight is 342 g/mol. The van der Waals surface area contributed by atoms with E-state index in [-0.39, 0.29) is 12.6 Å². The Morgan fingerprint density at radius 1 is 0.958 bits per heavy atom. The van der Waals surface area contributed by atoms with Crippen molar-refractivity contribution in [1.29, 1.82) is 0 Å². The fourth-order valence-corrected chi connectivity index (χ4v) is 2.49. The predicted molar refractivity (Wildman–Crippen MR) is 94.4 cm³/mol. The molecule has 122 valence electrons. The topological polar surface area (TPSA) is 97.0 Å². The Labute approximate surface area is 144 Å². The number of nitrogens with one attached hydrogen (secondary N) is 1. The smallest absolute Gasteiger partial charge is 0.228 e. The van der Waals surface area contributed by atoms with E-state index >= 15 is 0 Å². The Hall–Kier alpha value is -2.70. The van der Waals surface area contributed by atoms with Gasteiger partial charge in [0.15, 0.2) is 5.82 Å². The Kier molecular flexibility index (Phi) is 4.88. The van der Waals surface area contributed by atoms with Gasteiger partial charge in [-0.15, -0.1) is 0 Å². The average Bonchev–Trinajstić information content (AvgIpc) is 2.60. The van der Waals surface area contributed by atoms with Gasteiger partial charge in [-0.25, -0.2) is 0 Å². The third-order valence-electron chi connectivity index (χ3n) is 3.48. The predicted octanol–water partition coefficient (Wildman–Crippen LogP) is 2.88. The number of halogens is 1. The largest absolute Gasteiger partial charge is 0.392 e. The van der Waals surface area contributed by atoms with Gasteiger partial charge in [0, 0.05) is 17.1 Å². The third kappa shape index (κ3) is 3.61. The van der Waals surface area contributed by atoms with Gasteiger partial charge in [0.05, 0.1) is 6.61 Å². The van der Waals surface area contributed by atoms with Crippen molar-refractivity contribution in [3.8, 4) is 11.4 Å². The van der Waals surface area contributed by atoms with E-state index in [1.807, 2.05) is 48.5 Å². The van der Waals surface area contributed by atoms with Gasteiger partial charge in [-0.3, -0.25) is 0 Å². The lowest BCUT2D eigenvalue weighted by atomic mass is 10.1. The molecule has 0 radical (unpaired) electrons. The normalized spacial score (nSPS) is 10.6. The summed E-state index contributed by atoms with van der Waals surface area (Å²) in [7, 11) is 0. The van der Waals surface area contributed by atoms with Crippen molar-refractivity contribution in [2.24, 2.45) is 0 Å². The lowest BCUT2D eigenvalue weighted by molar-refractivity contribution is 0.282. The van der Waals surface area contributed by atoms with Crippen LogP contribution in [0.25, 0.3) is 11.4 Å². The number of anilines is 2. The molecule has 0 saturated carbocycles. The molecule has 1 aromatic heterocycles. The second-order valence-electron chi connectivity index (χ2n) is 5.10. The number of hydrogen-bond acceptors (Lipinski definition) is 6. The van der Waals surface area contributed by atoms with Crippen molar-refractivity contribution < 1.29 is 5.11 Å². The van der Waals surface area contributed by atoms with E-state index in [4.69, 9.17) is 17.3 Å². The molecule has 7 heteroatoms.